The van der Waals surface area contributed by atoms with Crippen molar-refractivity contribution in [3.8, 4) is 0 Å². The minimum atomic E-state index is -0.350. The lowest BCUT2D eigenvalue weighted by Crippen LogP contribution is -2.48. The highest BCUT2D eigenvalue weighted by atomic mass is 32.1. The van der Waals surface area contributed by atoms with E-state index in [1.165, 1.54) is 0 Å². The monoisotopic (exact) mass is 305 g/mol. The Labute approximate surface area is 129 Å². The molecule has 0 bridgehead atoms. The van der Waals surface area contributed by atoms with E-state index in [1.807, 2.05) is 6.92 Å². The first-order chi connectivity index (χ1) is 9.90. The predicted octanol–water partition coefficient (Wildman–Crippen LogP) is 1.05. The number of carbonyl (C=O) groups excluding carboxylic acids is 2. The van der Waals surface area contributed by atoms with Crippen LogP contribution < -0.4 is 11.5 Å². The highest BCUT2D eigenvalue weighted by Crippen LogP contribution is 2.23. The quantitative estimate of drug-likeness (QED) is 0.817. The van der Waals surface area contributed by atoms with Gasteiger partial charge in [-0.05, 0) is 31.9 Å². The summed E-state index contributed by atoms with van der Waals surface area (Å²) in [4.78, 5) is 26.0. The van der Waals surface area contributed by atoms with Crippen LogP contribution in [0.15, 0.2) is 24.3 Å². The molecule has 6 heteroatoms. The number of hydrogen-bond acceptors (Lipinski definition) is 3. The number of piperidine rings is 1. The third-order valence-electron chi connectivity index (χ3n) is 3.94. The van der Waals surface area contributed by atoms with E-state index in [1.54, 1.807) is 29.2 Å². The topological polar surface area (TPSA) is 89.4 Å². The molecule has 0 aliphatic carbocycles. The van der Waals surface area contributed by atoms with Crippen LogP contribution in [0.1, 0.15) is 35.7 Å². The summed E-state index contributed by atoms with van der Waals surface area (Å²) in [5.74, 6) is -0.743. The molecule has 2 amide bonds. The van der Waals surface area contributed by atoms with Crippen molar-refractivity contribution in [1.82, 2.24) is 4.90 Å². The van der Waals surface area contributed by atoms with Crippen LogP contribution in [-0.2, 0) is 4.79 Å². The average molecular weight is 305 g/mol. The molecule has 5 nitrogen and oxygen atoms in total. The van der Waals surface area contributed by atoms with Crippen molar-refractivity contribution in [1.29, 1.82) is 0 Å². The highest BCUT2D eigenvalue weighted by Gasteiger charge is 2.32. The van der Waals surface area contributed by atoms with Crippen LogP contribution in [0, 0.1) is 5.92 Å². The van der Waals surface area contributed by atoms with Crippen LogP contribution in [0.5, 0.6) is 0 Å². The molecule has 1 saturated heterocycles. The van der Waals surface area contributed by atoms with Crippen LogP contribution in [0.4, 0.5) is 0 Å². The molecule has 21 heavy (non-hydrogen) atoms. The summed E-state index contributed by atoms with van der Waals surface area (Å²) in [6.45, 7) is 2.35. The van der Waals surface area contributed by atoms with Gasteiger partial charge in [0.1, 0.15) is 4.99 Å². The number of rotatable bonds is 3. The molecule has 0 aromatic heterocycles. The first-order valence-electron chi connectivity index (χ1n) is 6.90. The molecule has 0 spiro atoms. The van der Waals surface area contributed by atoms with Crippen molar-refractivity contribution in [2.45, 2.75) is 25.8 Å². The van der Waals surface area contributed by atoms with Gasteiger partial charge in [0.15, 0.2) is 0 Å². The van der Waals surface area contributed by atoms with E-state index in [2.05, 4.69) is 0 Å². The van der Waals surface area contributed by atoms with Gasteiger partial charge >= 0.3 is 0 Å². The number of amides is 2. The Kier molecular flexibility index (Phi) is 4.57. The number of nitrogens with zero attached hydrogens (tertiary/aromatic N) is 1. The minimum Gasteiger partial charge on any atom is -0.389 e. The standard InChI is InChI=1S/C15H19N3O2S/c1-9-5-6-12(13(16)19)8-18(9)15(20)11-4-2-3-10(7-11)14(17)21/h2-4,7,9,12H,5-6,8H2,1H3,(H2,16,19)(H2,17,21). The minimum absolute atomic E-state index is 0.0848. The second-order valence-corrected chi connectivity index (χ2v) is 5.87. The molecule has 112 valence electrons. The fraction of sp³-hybridized carbons (Fsp3) is 0.400. The zero-order valence-corrected chi connectivity index (χ0v) is 12.7. The Hall–Kier alpha value is -1.95. The SMILES string of the molecule is CC1CCC(C(N)=O)CN1C(=O)c1cccc(C(N)=S)c1. The van der Waals surface area contributed by atoms with E-state index in [0.717, 1.165) is 12.8 Å². The van der Waals surface area contributed by atoms with E-state index in [0.29, 0.717) is 17.7 Å². The largest absolute Gasteiger partial charge is 0.389 e. The summed E-state index contributed by atoms with van der Waals surface area (Å²) in [5.41, 5.74) is 12.1. The molecule has 2 atom stereocenters. The van der Waals surface area contributed by atoms with Crippen molar-refractivity contribution < 1.29 is 9.59 Å². The number of likely N-dealkylation sites (tertiary alicyclic amines) is 1. The van der Waals surface area contributed by atoms with Gasteiger partial charge in [-0.1, -0.05) is 24.4 Å². The number of hydrogen-bond donors (Lipinski definition) is 2. The number of thiocarbonyl (C=S) groups is 1. The second kappa shape index (κ2) is 6.22. The van der Waals surface area contributed by atoms with Crippen LogP contribution in [0.25, 0.3) is 0 Å². The van der Waals surface area contributed by atoms with Crippen LogP contribution in [-0.4, -0.2) is 34.3 Å². The lowest BCUT2D eigenvalue weighted by molar-refractivity contribution is -0.123. The lowest BCUT2D eigenvalue weighted by atomic mass is 9.92. The van der Waals surface area contributed by atoms with Crippen molar-refractivity contribution in [2.24, 2.45) is 17.4 Å². The van der Waals surface area contributed by atoms with Gasteiger partial charge in [0.05, 0.1) is 5.92 Å². The summed E-state index contributed by atoms with van der Waals surface area (Å²) in [5, 5.41) is 0. The summed E-state index contributed by atoms with van der Waals surface area (Å²) < 4.78 is 0. The van der Waals surface area contributed by atoms with Gasteiger partial charge in [-0.25, -0.2) is 0 Å². The number of benzene rings is 1. The maximum atomic E-state index is 12.6. The zero-order chi connectivity index (χ0) is 15.6. The van der Waals surface area contributed by atoms with Crippen LogP contribution >= 0.6 is 12.2 Å². The summed E-state index contributed by atoms with van der Waals surface area (Å²) in [6, 6.07) is 7.02. The molecule has 0 radical (unpaired) electrons. The summed E-state index contributed by atoms with van der Waals surface area (Å²) in [6.07, 6.45) is 1.50. The fourth-order valence-electron chi connectivity index (χ4n) is 2.59. The van der Waals surface area contributed by atoms with Crippen molar-refractivity contribution in [3.05, 3.63) is 35.4 Å². The first kappa shape index (κ1) is 15.4. The van der Waals surface area contributed by atoms with E-state index in [4.69, 9.17) is 23.7 Å². The average Bonchev–Trinajstić information content (AvgIpc) is 2.47. The summed E-state index contributed by atoms with van der Waals surface area (Å²) in [7, 11) is 0. The van der Waals surface area contributed by atoms with Gasteiger partial charge in [0.2, 0.25) is 5.91 Å². The predicted molar refractivity (Wildman–Crippen MR) is 84.7 cm³/mol. The van der Waals surface area contributed by atoms with Gasteiger partial charge in [0, 0.05) is 23.7 Å². The van der Waals surface area contributed by atoms with E-state index >= 15 is 0 Å². The number of carbonyl (C=O) groups is 2. The number of nitrogens with two attached hydrogens (primary N) is 2. The third-order valence-corrected chi connectivity index (χ3v) is 4.18. The molecule has 1 heterocycles. The van der Waals surface area contributed by atoms with Crippen LogP contribution in [0.2, 0.25) is 0 Å². The Morgan fingerprint density at radius 3 is 2.52 bits per heavy atom. The Morgan fingerprint density at radius 2 is 1.90 bits per heavy atom. The van der Waals surface area contributed by atoms with Gasteiger partial charge in [0.25, 0.3) is 5.91 Å². The maximum absolute atomic E-state index is 12.6. The van der Waals surface area contributed by atoms with Crippen molar-refractivity contribution in [2.75, 3.05) is 6.54 Å². The second-order valence-electron chi connectivity index (χ2n) is 5.43. The molecule has 2 unspecified atom stereocenters. The maximum Gasteiger partial charge on any atom is 0.254 e. The van der Waals surface area contributed by atoms with E-state index in [-0.39, 0.29) is 28.8 Å². The Balaban J connectivity index is 2.23. The Morgan fingerprint density at radius 1 is 1.24 bits per heavy atom. The van der Waals surface area contributed by atoms with Crippen LogP contribution in [0.3, 0.4) is 0 Å². The lowest BCUT2D eigenvalue weighted by Gasteiger charge is -2.37. The molecule has 4 N–H and O–H groups in total. The molecule has 1 aliphatic rings. The molecule has 0 saturated carbocycles. The van der Waals surface area contributed by atoms with Crippen molar-refractivity contribution in [3.63, 3.8) is 0 Å². The number of primary amides is 1. The van der Waals surface area contributed by atoms with E-state index < -0.39 is 0 Å². The molecule has 1 aromatic carbocycles. The van der Waals surface area contributed by atoms with Gasteiger partial charge in [-0.15, -0.1) is 0 Å². The zero-order valence-electron chi connectivity index (χ0n) is 11.9. The fourth-order valence-corrected chi connectivity index (χ4v) is 2.72. The molecule has 1 fully saturated rings. The highest BCUT2D eigenvalue weighted by molar-refractivity contribution is 7.80. The first-order valence-corrected chi connectivity index (χ1v) is 7.31. The molecule has 1 aliphatic heterocycles. The van der Waals surface area contributed by atoms with E-state index in [9.17, 15) is 9.59 Å². The van der Waals surface area contributed by atoms with Gasteiger partial charge in [-0.3, -0.25) is 9.59 Å². The molecule has 1 aromatic rings. The molecular weight excluding hydrogens is 286 g/mol. The normalized spacial score (nSPS) is 21.9. The third kappa shape index (κ3) is 3.39. The van der Waals surface area contributed by atoms with Gasteiger partial charge in [-0.2, -0.15) is 0 Å². The molecular formula is C15H19N3O2S. The smallest absolute Gasteiger partial charge is 0.254 e. The van der Waals surface area contributed by atoms with Crippen molar-refractivity contribution >= 4 is 29.0 Å². The molecule has 2 rings (SSSR count). The Bertz CT molecular complexity index is 588. The van der Waals surface area contributed by atoms with Gasteiger partial charge < -0.3 is 16.4 Å². The summed E-state index contributed by atoms with van der Waals surface area (Å²) >= 11 is 4.93.